The van der Waals surface area contributed by atoms with Crippen LogP contribution in [0.3, 0.4) is 0 Å². The molecule has 3 N–H and O–H groups in total. The Morgan fingerprint density at radius 2 is 1.44 bits per heavy atom. The summed E-state index contributed by atoms with van der Waals surface area (Å²) < 4.78 is 1.61. The monoisotopic (exact) mass is 486 g/mol. The van der Waals surface area contributed by atoms with Crippen molar-refractivity contribution in [1.82, 2.24) is 0 Å². The molecule has 5 nitrogen and oxygen atoms in total. The van der Waals surface area contributed by atoms with Crippen LogP contribution in [0.25, 0.3) is 0 Å². The van der Waals surface area contributed by atoms with Gasteiger partial charge in [-0.2, -0.15) is 0 Å². The molecule has 0 saturated carbocycles. The molecule has 3 aromatic carbocycles. The number of hydrogen-bond acceptors (Lipinski definition) is 3. The van der Waals surface area contributed by atoms with Gasteiger partial charge in [0.25, 0.3) is 0 Å². The number of para-hydroxylation sites is 2. The third kappa shape index (κ3) is 5.00. The quantitative estimate of drug-likeness (QED) is 0.380. The Kier molecular flexibility index (Phi) is 6.32. The van der Waals surface area contributed by atoms with E-state index in [9.17, 15) is 14.7 Å². The van der Waals surface area contributed by atoms with E-state index in [0.717, 1.165) is 8.82 Å². The van der Waals surface area contributed by atoms with Gasteiger partial charge in [0.15, 0.2) is 0 Å². The fourth-order valence-electron chi connectivity index (χ4n) is 2.39. The van der Waals surface area contributed by atoms with Gasteiger partial charge in [0, 0.05) is 0 Å². The number of anilines is 2. The van der Waals surface area contributed by atoms with E-state index in [-0.39, 0.29) is 21.6 Å². The van der Waals surface area contributed by atoms with Crippen molar-refractivity contribution in [2.24, 2.45) is 0 Å². The topological polar surface area (TPSA) is 78.4 Å². The maximum absolute atomic E-state index is 12.6. The Morgan fingerprint density at radius 1 is 0.815 bits per heavy atom. The van der Waals surface area contributed by atoms with Gasteiger partial charge in [-0.3, -0.25) is 0 Å². The van der Waals surface area contributed by atoms with Crippen LogP contribution in [0.2, 0.25) is 0 Å². The third-order valence-corrected chi connectivity index (χ3v) is 6.72. The van der Waals surface area contributed by atoms with Gasteiger partial charge in [0.2, 0.25) is 0 Å². The maximum atomic E-state index is 12.6. The molecular weight excluding hydrogens is 471 g/mol. The SMILES string of the molecule is O=C(Nc1ccccc1Br)Nc1cccc(C(=O)[AsH]c2ccccc2)c1O. The molecule has 27 heavy (non-hydrogen) atoms. The molecule has 0 radical (unpaired) electrons. The van der Waals surface area contributed by atoms with Gasteiger partial charge in [-0.15, -0.1) is 0 Å². The minimum absolute atomic E-state index is 0.103. The zero-order valence-corrected chi connectivity index (χ0v) is 17.8. The Labute approximate surface area is 171 Å². The summed E-state index contributed by atoms with van der Waals surface area (Å²) in [6.45, 7) is 0. The average Bonchev–Trinajstić information content (AvgIpc) is 2.66. The number of rotatable bonds is 5. The van der Waals surface area contributed by atoms with E-state index in [0.29, 0.717) is 5.69 Å². The molecule has 1 unspecified atom stereocenters. The molecule has 0 aromatic heterocycles. The summed E-state index contributed by atoms with van der Waals surface area (Å²) in [6.07, 6.45) is 0. The van der Waals surface area contributed by atoms with E-state index in [1.165, 1.54) is 0 Å². The summed E-state index contributed by atoms with van der Waals surface area (Å²) >= 11 is 2.26. The Hall–Kier alpha value is -2.56. The van der Waals surface area contributed by atoms with Gasteiger partial charge in [-0.25, -0.2) is 0 Å². The standard InChI is InChI=1S/C20H16AsBrN2O3/c22-15-10-4-5-11-16(15)23-20(27)24-17-12-6-9-14(18(17)25)19(26)21-13-7-2-1-3-8-13/h1-12,21,25H,(H2,23,24,27). The van der Waals surface area contributed by atoms with Crippen molar-refractivity contribution >= 4 is 58.0 Å². The molecule has 1 atom stereocenters. The predicted molar refractivity (Wildman–Crippen MR) is 112 cm³/mol. The molecule has 0 spiro atoms. The fourth-order valence-corrected chi connectivity index (χ4v) is 4.78. The van der Waals surface area contributed by atoms with Gasteiger partial charge in [-0.05, 0) is 0 Å². The van der Waals surface area contributed by atoms with Crippen LogP contribution >= 0.6 is 15.9 Å². The first-order valence-corrected chi connectivity index (χ1v) is 10.9. The average molecular weight is 487 g/mol. The molecule has 0 bridgehead atoms. The van der Waals surface area contributed by atoms with E-state index in [4.69, 9.17) is 0 Å². The van der Waals surface area contributed by atoms with Crippen LogP contribution < -0.4 is 15.0 Å². The van der Waals surface area contributed by atoms with Crippen molar-refractivity contribution in [2.75, 3.05) is 10.6 Å². The first-order chi connectivity index (χ1) is 13.0. The molecule has 0 aliphatic carbocycles. The van der Waals surface area contributed by atoms with Gasteiger partial charge in [0.05, 0.1) is 0 Å². The number of carbonyl (C=O) groups excluding carboxylic acids is 2. The molecule has 3 aromatic rings. The second-order valence-corrected chi connectivity index (χ2v) is 9.12. The van der Waals surface area contributed by atoms with Crippen LogP contribution in [0, 0.1) is 0 Å². The minimum atomic E-state index is -1.10. The van der Waals surface area contributed by atoms with Crippen LogP contribution in [-0.4, -0.2) is 31.5 Å². The molecule has 0 aliphatic heterocycles. The first-order valence-electron chi connectivity index (χ1n) is 8.05. The fraction of sp³-hybridized carbons (Fsp3) is 0. The second-order valence-electron chi connectivity index (χ2n) is 5.58. The predicted octanol–water partition coefficient (Wildman–Crippen LogP) is 3.70. The molecule has 0 fully saturated rings. The summed E-state index contributed by atoms with van der Waals surface area (Å²) in [7, 11) is 0. The summed E-state index contributed by atoms with van der Waals surface area (Å²) in [5.41, 5.74) is 1.00. The zero-order valence-electron chi connectivity index (χ0n) is 14.1. The van der Waals surface area contributed by atoms with Gasteiger partial charge >= 0.3 is 172 Å². The van der Waals surface area contributed by atoms with Crippen LogP contribution in [0.1, 0.15) is 10.4 Å². The van der Waals surface area contributed by atoms with Crippen LogP contribution in [0.15, 0.2) is 77.3 Å². The molecule has 7 heteroatoms. The van der Waals surface area contributed by atoms with Crippen molar-refractivity contribution in [1.29, 1.82) is 0 Å². The Morgan fingerprint density at radius 3 is 2.19 bits per heavy atom. The number of amides is 2. The normalized spacial score (nSPS) is 10.7. The Balaban J connectivity index is 1.73. The molecule has 2 amide bonds. The van der Waals surface area contributed by atoms with Crippen molar-refractivity contribution in [2.45, 2.75) is 0 Å². The number of phenols is 1. The number of carbonyl (C=O) groups is 2. The summed E-state index contributed by atoms with van der Waals surface area (Å²) in [5, 5.41) is 15.7. The van der Waals surface area contributed by atoms with Gasteiger partial charge < -0.3 is 0 Å². The summed E-state index contributed by atoms with van der Waals surface area (Å²) in [6, 6.07) is 20.9. The number of urea groups is 1. The van der Waals surface area contributed by atoms with Gasteiger partial charge in [0.1, 0.15) is 0 Å². The van der Waals surface area contributed by atoms with E-state index in [1.54, 1.807) is 36.4 Å². The number of nitrogens with one attached hydrogen (secondary N) is 2. The van der Waals surface area contributed by atoms with Crippen LogP contribution in [0.5, 0.6) is 5.75 Å². The summed E-state index contributed by atoms with van der Waals surface area (Å²) in [4.78, 5) is 24.8. The molecular formula is C20H16AsBrN2O3. The summed E-state index contributed by atoms with van der Waals surface area (Å²) in [5.74, 6) is -0.218. The van der Waals surface area contributed by atoms with Crippen molar-refractivity contribution in [3.05, 3.63) is 82.8 Å². The number of phenolic OH excluding ortho intramolecular Hbond substituents is 1. The van der Waals surface area contributed by atoms with E-state index < -0.39 is 21.8 Å². The molecule has 0 aliphatic rings. The molecule has 136 valence electrons. The van der Waals surface area contributed by atoms with Crippen molar-refractivity contribution in [3.63, 3.8) is 0 Å². The van der Waals surface area contributed by atoms with Crippen LogP contribution in [0.4, 0.5) is 16.2 Å². The third-order valence-electron chi connectivity index (χ3n) is 3.68. The Bertz CT molecular complexity index is 980. The molecule has 3 rings (SSSR count). The first kappa shape index (κ1) is 19.2. The molecule has 0 heterocycles. The van der Waals surface area contributed by atoms with Crippen LogP contribution in [-0.2, 0) is 0 Å². The van der Waals surface area contributed by atoms with Crippen molar-refractivity contribution in [3.8, 4) is 5.75 Å². The number of benzene rings is 3. The zero-order chi connectivity index (χ0) is 19.2. The van der Waals surface area contributed by atoms with E-state index in [2.05, 4.69) is 26.6 Å². The number of hydrogen-bond donors (Lipinski definition) is 3. The second kappa shape index (κ2) is 8.89. The van der Waals surface area contributed by atoms with E-state index in [1.807, 2.05) is 36.4 Å². The molecule has 0 saturated heterocycles. The number of halogens is 1. The van der Waals surface area contributed by atoms with Crippen molar-refractivity contribution < 1.29 is 14.7 Å². The van der Waals surface area contributed by atoms with E-state index >= 15 is 0 Å². The number of aromatic hydroxyl groups is 1. The van der Waals surface area contributed by atoms with Gasteiger partial charge in [-0.1, -0.05) is 0 Å².